The molecule has 1 unspecified atom stereocenters. The first-order valence-electron chi connectivity index (χ1n) is 1.04. The largest absolute Gasteiger partial charge is 0.347 e. The maximum Gasteiger partial charge on any atom is 0.218 e. The Kier molecular flexibility index (Phi) is 1.29. The highest BCUT2D eigenvalue weighted by Gasteiger charge is 1.54. The molecule has 2 nitrogen and oxygen atoms in total. The fraction of sp³-hybridized carbons (Fsp3) is 0. The highest BCUT2D eigenvalue weighted by atomic mass is 32.4. The van der Waals surface area contributed by atoms with Gasteiger partial charge in [-0.3, -0.25) is 0 Å². The standard InChI is InChI=1S/H3O2PS/c1-3(2)4/h3H,(H2,1,2,4)/i/hD. The maximum atomic E-state index is 7.87. The molecule has 0 amide bonds. The summed E-state index contributed by atoms with van der Waals surface area (Å²) < 4.78 is 5.85. The quantitative estimate of drug-likeness (QED) is 0.434. The second kappa shape index (κ2) is 1.85. The number of hydrogen-bond donors (Lipinski definition) is 2. The van der Waals surface area contributed by atoms with Gasteiger partial charge in [-0.2, -0.15) is 0 Å². The van der Waals surface area contributed by atoms with Crippen LogP contribution in [0, 0.1) is 0 Å². The molecule has 26 valence electrons. The summed E-state index contributed by atoms with van der Waals surface area (Å²) >= 11 is 4.03. The van der Waals surface area contributed by atoms with Gasteiger partial charge >= 0.3 is 0 Å². The second-order valence-electron chi connectivity index (χ2n) is 0.266. The van der Waals surface area contributed by atoms with Crippen molar-refractivity contribution in [2.24, 2.45) is 0 Å². The minimum absolute atomic E-state index is 2.12. The Morgan fingerprint density at radius 1 is 2.25 bits per heavy atom. The average molecular weight is 99.1 g/mol. The summed E-state index contributed by atoms with van der Waals surface area (Å²) in [6.45, 7) is 0. The third kappa shape index (κ3) is 19.5. The van der Waals surface area contributed by atoms with Gasteiger partial charge in [0.2, 0.25) is 1.43 Å². The summed E-state index contributed by atoms with van der Waals surface area (Å²) in [7, 11) is -2.12. The van der Waals surface area contributed by atoms with Crippen molar-refractivity contribution in [3.05, 3.63) is 0 Å². The molecule has 0 spiro atoms. The van der Waals surface area contributed by atoms with Crippen LogP contribution in [0.3, 0.4) is 0 Å². The molecule has 0 heterocycles. The van der Waals surface area contributed by atoms with Crippen LogP contribution in [0.15, 0.2) is 0 Å². The van der Waals surface area contributed by atoms with Gasteiger partial charge in [0.25, 0.3) is 0 Å². The Morgan fingerprint density at radius 2 is 2.50 bits per heavy atom. The molecule has 0 bridgehead atoms. The van der Waals surface area contributed by atoms with Crippen LogP contribution < -0.4 is 0 Å². The van der Waals surface area contributed by atoms with Crippen LogP contribution in [-0.4, -0.2) is 11.2 Å². The summed E-state index contributed by atoms with van der Waals surface area (Å²) in [6.07, 6.45) is 0. The fourth-order valence-corrected chi connectivity index (χ4v) is 0. The summed E-state index contributed by atoms with van der Waals surface area (Å²) in [5, 5.41) is 0. The Bertz CT molecular complexity index is 44.9. The van der Waals surface area contributed by atoms with E-state index in [0.29, 0.717) is 0 Å². The van der Waals surface area contributed by atoms with Crippen LogP contribution in [-0.2, 0) is 11.8 Å². The Hall–Kier alpha value is 0.570. The first kappa shape index (κ1) is 2.79. The molecule has 0 aromatic carbocycles. The van der Waals surface area contributed by atoms with E-state index < -0.39 is 7.15 Å². The van der Waals surface area contributed by atoms with Crippen LogP contribution in [0.4, 0.5) is 0 Å². The van der Waals surface area contributed by atoms with Gasteiger partial charge in [0.15, 0.2) is 7.15 Å². The van der Waals surface area contributed by atoms with Crippen molar-refractivity contribution in [3.63, 3.8) is 0 Å². The average Bonchev–Trinajstić information content (AvgIpc) is 1.38. The first-order chi connectivity index (χ1) is 2.27. The molecule has 0 aliphatic heterocycles. The van der Waals surface area contributed by atoms with E-state index in [1.165, 1.54) is 0 Å². The molecule has 4 heavy (non-hydrogen) atoms. The molecule has 1 atom stereocenters. The molecule has 4 heteroatoms. The number of rotatable bonds is 1. The topological polar surface area (TPSA) is 40.5 Å². The Balaban J connectivity index is 2.85. The van der Waals surface area contributed by atoms with E-state index in [0.717, 1.165) is 0 Å². The molecular formula is H3O2PS. The molecule has 0 fully saturated rings. The molecule has 0 aromatic heterocycles. The summed E-state index contributed by atoms with van der Waals surface area (Å²) in [5.74, 6) is 0. The SMILES string of the molecule is [2H]O[PH](O)=S. The summed E-state index contributed by atoms with van der Waals surface area (Å²) in [4.78, 5) is 11.3. The monoisotopic (exact) mass is 99.0 g/mol. The van der Waals surface area contributed by atoms with Gasteiger partial charge in [-0.1, -0.05) is 0 Å². The van der Waals surface area contributed by atoms with E-state index in [4.69, 9.17) is 6.32 Å². The molecule has 0 aliphatic rings. The van der Waals surface area contributed by atoms with Crippen molar-refractivity contribution >= 4 is 19.0 Å². The van der Waals surface area contributed by atoms with Crippen LogP contribution in [0.25, 0.3) is 0 Å². The van der Waals surface area contributed by atoms with Crippen LogP contribution in [0.5, 0.6) is 0 Å². The van der Waals surface area contributed by atoms with Crippen molar-refractivity contribution in [2.75, 3.05) is 0 Å². The van der Waals surface area contributed by atoms with Crippen molar-refractivity contribution in [1.82, 2.24) is 0 Å². The van der Waals surface area contributed by atoms with E-state index >= 15 is 0 Å². The molecular weight excluding hydrogens is 95.0 g/mol. The normalized spacial score (nSPS) is 18.8. The van der Waals surface area contributed by atoms with Gasteiger partial charge in [-0.05, 0) is 11.8 Å². The highest BCUT2D eigenvalue weighted by Crippen LogP contribution is 1.99. The summed E-state index contributed by atoms with van der Waals surface area (Å²) in [6, 6.07) is 0. The maximum absolute atomic E-state index is 7.87. The smallest absolute Gasteiger partial charge is 0.218 e. The zero-order valence-corrected chi connectivity index (χ0v) is 3.58. The molecule has 0 saturated carbocycles. The second-order valence-corrected chi connectivity index (χ2v) is 1.85. The molecule has 2 N–H and O–H groups in total. The van der Waals surface area contributed by atoms with E-state index in [2.05, 4.69) is 16.7 Å². The Morgan fingerprint density at radius 3 is 2.50 bits per heavy atom. The lowest BCUT2D eigenvalue weighted by atomic mass is 15.9. The summed E-state index contributed by atoms with van der Waals surface area (Å²) in [5.41, 5.74) is 0. The van der Waals surface area contributed by atoms with E-state index in [-0.39, 0.29) is 0 Å². The van der Waals surface area contributed by atoms with Gasteiger partial charge in [0.05, 0.1) is 0 Å². The molecule has 0 radical (unpaired) electrons. The predicted octanol–water partition coefficient (Wildman–Crippen LogP) is -0.523. The molecule has 0 aliphatic carbocycles. The minimum Gasteiger partial charge on any atom is -0.347 e. The first-order valence-corrected chi connectivity index (χ1v) is 3.12. The zero-order chi connectivity index (χ0) is 4.28. The lowest BCUT2D eigenvalue weighted by molar-refractivity contribution is 0.509. The third-order valence-electron chi connectivity index (χ3n) is 0. The predicted molar refractivity (Wildman–Crippen MR) is 20.1 cm³/mol. The zero-order valence-electron chi connectivity index (χ0n) is 2.76. The fourth-order valence-electron chi connectivity index (χ4n) is 0. The van der Waals surface area contributed by atoms with Crippen LogP contribution in [0.2, 0.25) is 0 Å². The van der Waals surface area contributed by atoms with E-state index in [1.807, 2.05) is 0 Å². The Labute approximate surface area is 31.2 Å². The van der Waals surface area contributed by atoms with Gasteiger partial charge in [-0.25, -0.2) is 0 Å². The van der Waals surface area contributed by atoms with Crippen molar-refractivity contribution < 1.29 is 9.79 Å². The van der Waals surface area contributed by atoms with Gasteiger partial charge < -0.3 is 9.79 Å². The molecule has 0 saturated heterocycles. The third-order valence-corrected chi connectivity index (χ3v) is 0. The van der Waals surface area contributed by atoms with E-state index in [9.17, 15) is 0 Å². The van der Waals surface area contributed by atoms with Crippen molar-refractivity contribution in [2.45, 2.75) is 0 Å². The van der Waals surface area contributed by atoms with Crippen LogP contribution >= 0.6 is 7.15 Å². The number of hydrogen-bond acceptors (Lipinski definition) is 2. The molecule has 0 aromatic rings. The lowest BCUT2D eigenvalue weighted by Crippen LogP contribution is -1.36. The van der Waals surface area contributed by atoms with E-state index in [1.54, 1.807) is 0 Å². The van der Waals surface area contributed by atoms with Gasteiger partial charge in [-0.15, -0.1) is 0 Å². The van der Waals surface area contributed by atoms with Gasteiger partial charge in [0, 0.05) is 0 Å². The van der Waals surface area contributed by atoms with Crippen molar-refractivity contribution in [3.8, 4) is 0 Å². The molecule has 0 rings (SSSR count). The van der Waals surface area contributed by atoms with Crippen molar-refractivity contribution in [1.29, 1.82) is 1.43 Å². The minimum atomic E-state index is -2.12. The highest BCUT2D eigenvalue weighted by molar-refractivity contribution is 7.99. The van der Waals surface area contributed by atoms with Gasteiger partial charge in [0.1, 0.15) is 0 Å². The van der Waals surface area contributed by atoms with Crippen LogP contribution in [0.1, 0.15) is 0 Å². The lowest BCUT2D eigenvalue weighted by Gasteiger charge is -1.66.